The molecule has 0 bridgehead atoms. The first-order chi connectivity index (χ1) is 11.2. The van der Waals surface area contributed by atoms with Crippen molar-refractivity contribution in [2.24, 2.45) is 0 Å². The maximum absolute atomic E-state index is 12.4. The van der Waals surface area contributed by atoms with Crippen LogP contribution in [0.4, 0.5) is 0 Å². The third-order valence-corrected chi connectivity index (χ3v) is 3.76. The molecule has 1 aromatic rings. The summed E-state index contributed by atoms with van der Waals surface area (Å²) in [7, 11) is 0. The summed E-state index contributed by atoms with van der Waals surface area (Å²) in [6.07, 6.45) is 3.97. The Morgan fingerprint density at radius 2 is 1.92 bits per heavy atom. The summed E-state index contributed by atoms with van der Waals surface area (Å²) in [5.74, 6) is 1.30. The second-order valence-electron chi connectivity index (χ2n) is 5.88. The number of halogens is 1. The first-order valence-corrected chi connectivity index (χ1v) is 8.65. The number of rotatable bonds is 8. The van der Waals surface area contributed by atoms with E-state index in [1.807, 2.05) is 6.07 Å². The van der Waals surface area contributed by atoms with Gasteiger partial charge in [-0.25, -0.2) is 0 Å². The van der Waals surface area contributed by atoms with E-state index in [2.05, 4.69) is 24.5 Å². The van der Waals surface area contributed by atoms with Crippen molar-refractivity contribution in [2.45, 2.75) is 45.6 Å². The number of carbonyl (C=O) groups is 1. The molecule has 2 N–H and O–H groups in total. The second kappa shape index (κ2) is 11.2. The topological polar surface area (TPSA) is 59.6 Å². The summed E-state index contributed by atoms with van der Waals surface area (Å²) in [5.41, 5.74) is 0.616. The summed E-state index contributed by atoms with van der Waals surface area (Å²) >= 11 is 0. The van der Waals surface area contributed by atoms with Crippen molar-refractivity contribution in [1.82, 2.24) is 10.6 Å². The van der Waals surface area contributed by atoms with Gasteiger partial charge in [-0.1, -0.05) is 13.8 Å². The Morgan fingerprint density at radius 3 is 2.54 bits per heavy atom. The number of hydrogen-bond acceptors (Lipinski definition) is 4. The number of carbonyl (C=O) groups excluding carboxylic acids is 1. The van der Waals surface area contributed by atoms with Crippen LogP contribution < -0.4 is 20.1 Å². The SMILES string of the molecule is CCCOc1ccc(C(=O)NC2CCCNC2)cc1OCCC.Cl. The Morgan fingerprint density at radius 1 is 1.21 bits per heavy atom. The van der Waals surface area contributed by atoms with E-state index in [0.717, 1.165) is 38.8 Å². The van der Waals surface area contributed by atoms with E-state index < -0.39 is 0 Å². The molecule has 1 heterocycles. The molecule has 1 aliphatic heterocycles. The zero-order valence-electron chi connectivity index (χ0n) is 14.6. The third-order valence-electron chi connectivity index (χ3n) is 3.76. The summed E-state index contributed by atoms with van der Waals surface area (Å²) < 4.78 is 11.4. The number of amides is 1. The molecular formula is C18H29ClN2O3. The number of nitrogens with one attached hydrogen (secondary N) is 2. The van der Waals surface area contributed by atoms with Gasteiger partial charge in [0.2, 0.25) is 0 Å². The van der Waals surface area contributed by atoms with Crippen LogP contribution in [0, 0.1) is 0 Å². The van der Waals surface area contributed by atoms with Gasteiger partial charge >= 0.3 is 0 Å². The lowest BCUT2D eigenvalue weighted by atomic mass is 10.1. The molecule has 0 aromatic heterocycles. The molecule has 1 atom stereocenters. The van der Waals surface area contributed by atoms with Crippen LogP contribution in [0.2, 0.25) is 0 Å². The summed E-state index contributed by atoms with van der Waals surface area (Å²) in [6.45, 7) is 7.24. The van der Waals surface area contributed by atoms with Crippen molar-refractivity contribution in [2.75, 3.05) is 26.3 Å². The Kier molecular flexibility index (Phi) is 9.57. The highest BCUT2D eigenvalue weighted by Gasteiger charge is 2.17. The zero-order chi connectivity index (χ0) is 16.5. The minimum absolute atomic E-state index is 0. The molecule has 1 aliphatic rings. The molecule has 136 valence electrons. The Balaban J connectivity index is 0.00000288. The summed E-state index contributed by atoms with van der Waals surface area (Å²) in [6, 6.07) is 5.61. The van der Waals surface area contributed by atoms with Crippen LogP contribution in [0.15, 0.2) is 18.2 Å². The number of hydrogen-bond donors (Lipinski definition) is 2. The summed E-state index contributed by atoms with van der Waals surface area (Å²) in [4.78, 5) is 12.4. The van der Waals surface area contributed by atoms with Gasteiger partial charge in [0.15, 0.2) is 11.5 Å². The van der Waals surface area contributed by atoms with E-state index in [9.17, 15) is 4.79 Å². The first kappa shape index (κ1) is 20.6. The molecule has 0 aliphatic carbocycles. The highest BCUT2D eigenvalue weighted by molar-refractivity contribution is 5.95. The standard InChI is InChI=1S/C18H28N2O3.ClH/c1-3-10-22-16-8-7-14(12-17(16)23-11-4-2)18(21)20-15-6-5-9-19-13-15;/h7-8,12,15,19H,3-6,9-11,13H2,1-2H3,(H,20,21);1H. The maximum Gasteiger partial charge on any atom is 0.251 e. The van der Waals surface area contributed by atoms with Crippen LogP contribution in [0.3, 0.4) is 0 Å². The van der Waals surface area contributed by atoms with E-state index in [1.54, 1.807) is 12.1 Å². The molecule has 1 amide bonds. The van der Waals surface area contributed by atoms with Crippen molar-refractivity contribution in [3.05, 3.63) is 23.8 Å². The average Bonchev–Trinajstić information content (AvgIpc) is 2.59. The molecule has 24 heavy (non-hydrogen) atoms. The molecule has 0 radical (unpaired) electrons. The molecule has 1 saturated heterocycles. The van der Waals surface area contributed by atoms with Crippen molar-refractivity contribution >= 4 is 18.3 Å². The van der Waals surface area contributed by atoms with E-state index in [0.29, 0.717) is 30.3 Å². The largest absolute Gasteiger partial charge is 0.490 e. The quantitative estimate of drug-likeness (QED) is 0.751. The highest BCUT2D eigenvalue weighted by atomic mass is 35.5. The van der Waals surface area contributed by atoms with E-state index in [1.165, 1.54) is 0 Å². The molecule has 1 aromatic carbocycles. The van der Waals surface area contributed by atoms with E-state index in [-0.39, 0.29) is 24.4 Å². The van der Waals surface area contributed by atoms with Crippen LogP contribution >= 0.6 is 12.4 Å². The second-order valence-corrected chi connectivity index (χ2v) is 5.88. The van der Waals surface area contributed by atoms with Gasteiger partial charge in [-0.15, -0.1) is 12.4 Å². The van der Waals surface area contributed by atoms with Gasteiger partial charge in [-0.3, -0.25) is 4.79 Å². The van der Waals surface area contributed by atoms with Gasteiger partial charge in [0, 0.05) is 18.2 Å². The molecular weight excluding hydrogens is 328 g/mol. The van der Waals surface area contributed by atoms with Gasteiger partial charge in [0.1, 0.15) is 0 Å². The number of piperidine rings is 1. The minimum atomic E-state index is -0.0536. The van der Waals surface area contributed by atoms with Crippen LogP contribution in [0.5, 0.6) is 11.5 Å². The average molecular weight is 357 g/mol. The third kappa shape index (κ3) is 6.21. The zero-order valence-corrected chi connectivity index (χ0v) is 15.4. The highest BCUT2D eigenvalue weighted by Crippen LogP contribution is 2.29. The summed E-state index contributed by atoms with van der Waals surface area (Å²) in [5, 5.41) is 6.39. The van der Waals surface area contributed by atoms with Gasteiger partial charge < -0.3 is 20.1 Å². The molecule has 0 spiro atoms. The Labute approximate surface area is 150 Å². The predicted molar refractivity (Wildman–Crippen MR) is 98.6 cm³/mol. The van der Waals surface area contributed by atoms with Gasteiger partial charge in [-0.2, -0.15) is 0 Å². The van der Waals surface area contributed by atoms with E-state index in [4.69, 9.17) is 9.47 Å². The lowest BCUT2D eigenvalue weighted by molar-refractivity contribution is 0.0930. The molecule has 6 heteroatoms. The minimum Gasteiger partial charge on any atom is -0.490 e. The fourth-order valence-corrected chi connectivity index (χ4v) is 2.55. The smallest absolute Gasteiger partial charge is 0.251 e. The number of benzene rings is 1. The monoisotopic (exact) mass is 356 g/mol. The fraction of sp³-hybridized carbons (Fsp3) is 0.611. The first-order valence-electron chi connectivity index (χ1n) is 8.65. The van der Waals surface area contributed by atoms with Crippen molar-refractivity contribution in [1.29, 1.82) is 0 Å². The van der Waals surface area contributed by atoms with Crippen molar-refractivity contribution in [3.8, 4) is 11.5 Å². The fourth-order valence-electron chi connectivity index (χ4n) is 2.55. The van der Waals surface area contributed by atoms with Crippen LogP contribution in [-0.4, -0.2) is 38.3 Å². The van der Waals surface area contributed by atoms with E-state index >= 15 is 0 Å². The normalized spacial score (nSPS) is 16.8. The van der Waals surface area contributed by atoms with Gasteiger partial charge in [0.25, 0.3) is 5.91 Å². The maximum atomic E-state index is 12.4. The van der Waals surface area contributed by atoms with Gasteiger partial charge in [0.05, 0.1) is 13.2 Å². The molecule has 1 fully saturated rings. The molecule has 0 saturated carbocycles. The predicted octanol–water partition coefficient (Wildman–Crippen LogP) is 3.17. The lowest BCUT2D eigenvalue weighted by Crippen LogP contribution is -2.45. The molecule has 5 nitrogen and oxygen atoms in total. The van der Waals surface area contributed by atoms with Crippen molar-refractivity contribution in [3.63, 3.8) is 0 Å². The molecule has 1 unspecified atom stereocenters. The number of ether oxygens (including phenoxy) is 2. The van der Waals surface area contributed by atoms with Crippen LogP contribution in [-0.2, 0) is 0 Å². The van der Waals surface area contributed by atoms with Gasteiger partial charge in [-0.05, 0) is 50.4 Å². The Bertz CT molecular complexity index is 505. The van der Waals surface area contributed by atoms with Crippen molar-refractivity contribution < 1.29 is 14.3 Å². The molecule has 2 rings (SSSR count). The Hall–Kier alpha value is -1.46. The lowest BCUT2D eigenvalue weighted by Gasteiger charge is -2.24. The van der Waals surface area contributed by atoms with Crippen LogP contribution in [0.1, 0.15) is 49.9 Å². The van der Waals surface area contributed by atoms with Crippen LogP contribution in [0.25, 0.3) is 0 Å².